The third-order valence-corrected chi connectivity index (χ3v) is 2.40. The molecule has 13 heavy (non-hydrogen) atoms. The monoisotopic (exact) mass is 184 g/mol. The van der Waals surface area contributed by atoms with E-state index in [-0.39, 0.29) is 5.82 Å². The average Bonchev–Trinajstić information content (AvgIpc) is 2.02. The lowest BCUT2D eigenvalue weighted by Gasteiger charge is -2.23. The molecule has 0 amide bonds. The maximum absolute atomic E-state index is 13.5. The molecule has 1 atom stereocenters. The Bertz CT molecular complexity index is 286. The van der Waals surface area contributed by atoms with Gasteiger partial charge in [0.25, 0.3) is 0 Å². The van der Waals surface area contributed by atoms with Gasteiger partial charge >= 0.3 is 0 Å². The van der Waals surface area contributed by atoms with E-state index in [1.807, 2.05) is 0 Å². The molecule has 0 aromatic heterocycles. The van der Waals surface area contributed by atoms with Gasteiger partial charge in [-0.1, -0.05) is 25.1 Å². The van der Waals surface area contributed by atoms with Crippen LogP contribution in [0, 0.1) is 5.82 Å². The Morgan fingerprint density at radius 2 is 1.77 bits per heavy atom. The summed E-state index contributed by atoms with van der Waals surface area (Å²) in [5.41, 5.74) is -0.947. The summed E-state index contributed by atoms with van der Waals surface area (Å²) in [6.45, 7) is 4.62. The van der Waals surface area contributed by atoms with Gasteiger partial charge in [-0.3, -0.25) is 0 Å². The Morgan fingerprint density at radius 3 is 2.23 bits per heavy atom. The van der Waals surface area contributed by atoms with Crippen molar-refractivity contribution >= 4 is 0 Å². The molecule has 0 spiro atoms. The van der Waals surface area contributed by atoms with Crippen LogP contribution in [0.15, 0.2) is 24.3 Å². The molecule has 0 aliphatic rings. The molecule has 1 rings (SSSR count). The van der Waals surface area contributed by atoms with Gasteiger partial charge in [0.1, 0.15) is 11.5 Å². The summed E-state index contributed by atoms with van der Waals surface area (Å²) in [6, 6.07) is 6.32. The van der Waals surface area contributed by atoms with Crippen molar-refractivity contribution in [1.82, 2.24) is 0 Å². The van der Waals surface area contributed by atoms with Crippen LogP contribution < -0.4 is 0 Å². The first-order valence-corrected chi connectivity index (χ1v) is 4.36. The van der Waals surface area contributed by atoms with Crippen molar-refractivity contribution in [3.05, 3.63) is 35.6 Å². The highest BCUT2D eigenvalue weighted by Crippen LogP contribution is 2.31. The van der Waals surface area contributed by atoms with E-state index in [0.717, 1.165) is 0 Å². The second kappa shape index (κ2) is 3.44. The number of hydrogen-bond acceptors (Lipinski definition) is 0. The molecule has 1 aromatic carbocycles. The Kier molecular flexibility index (Phi) is 2.69. The normalized spacial score (nSPS) is 14.2. The van der Waals surface area contributed by atoms with Crippen LogP contribution in [0.5, 0.6) is 0 Å². The Labute approximate surface area is 77.6 Å². The molecule has 0 saturated carbocycles. The van der Waals surface area contributed by atoms with E-state index in [9.17, 15) is 8.78 Å². The molecule has 1 unspecified atom stereocenters. The molecule has 0 saturated heterocycles. The lowest BCUT2D eigenvalue weighted by Crippen LogP contribution is -2.22. The fourth-order valence-corrected chi connectivity index (χ4v) is 1.20. The van der Waals surface area contributed by atoms with E-state index in [1.54, 1.807) is 25.1 Å². The molecular weight excluding hydrogens is 170 g/mol. The first-order valence-electron chi connectivity index (χ1n) is 4.36. The van der Waals surface area contributed by atoms with Crippen LogP contribution in [-0.4, -0.2) is 5.67 Å². The molecule has 0 bridgehead atoms. The molecule has 0 radical (unpaired) electrons. The summed E-state index contributed by atoms with van der Waals surface area (Å²) in [6.07, 6.45) is 0. The van der Waals surface area contributed by atoms with Crippen molar-refractivity contribution in [1.29, 1.82) is 0 Å². The van der Waals surface area contributed by atoms with E-state index in [4.69, 9.17) is 0 Å². The minimum atomic E-state index is -1.39. The van der Waals surface area contributed by atoms with Crippen LogP contribution >= 0.6 is 0 Å². The van der Waals surface area contributed by atoms with Crippen LogP contribution in [0.2, 0.25) is 0 Å². The van der Waals surface area contributed by atoms with Gasteiger partial charge in [-0.25, -0.2) is 8.78 Å². The molecule has 0 aliphatic heterocycles. The number of alkyl halides is 1. The highest BCUT2D eigenvalue weighted by Gasteiger charge is 2.27. The van der Waals surface area contributed by atoms with E-state index in [0.29, 0.717) is 5.56 Å². The molecule has 1 aromatic rings. The lowest BCUT2D eigenvalue weighted by molar-refractivity contribution is 0.178. The molecule has 0 heterocycles. The van der Waals surface area contributed by atoms with Gasteiger partial charge in [0.15, 0.2) is 0 Å². The zero-order valence-electron chi connectivity index (χ0n) is 8.14. The van der Waals surface area contributed by atoms with Gasteiger partial charge in [0.05, 0.1) is 0 Å². The molecule has 0 aliphatic carbocycles. The van der Waals surface area contributed by atoms with Crippen molar-refractivity contribution in [2.75, 3.05) is 0 Å². The fourth-order valence-electron chi connectivity index (χ4n) is 1.20. The average molecular weight is 184 g/mol. The second-order valence-electron chi connectivity index (χ2n) is 3.81. The minimum Gasteiger partial charge on any atom is -0.244 e. The van der Waals surface area contributed by atoms with Crippen LogP contribution in [0.3, 0.4) is 0 Å². The smallest absolute Gasteiger partial charge is 0.126 e. The molecule has 0 nitrogen and oxygen atoms in total. The van der Waals surface area contributed by atoms with Crippen molar-refractivity contribution < 1.29 is 8.78 Å². The maximum Gasteiger partial charge on any atom is 0.126 e. The zero-order chi connectivity index (χ0) is 10.1. The van der Waals surface area contributed by atoms with Crippen LogP contribution in [0.4, 0.5) is 8.78 Å². The van der Waals surface area contributed by atoms with Gasteiger partial charge in [-0.05, 0) is 25.5 Å². The number of rotatable bonds is 2. The zero-order valence-corrected chi connectivity index (χ0v) is 8.14. The minimum absolute atomic E-state index is 0.333. The summed E-state index contributed by atoms with van der Waals surface area (Å²) in [5.74, 6) is -0.755. The van der Waals surface area contributed by atoms with E-state index < -0.39 is 11.6 Å². The third kappa shape index (κ3) is 2.27. The number of halogens is 2. The summed E-state index contributed by atoms with van der Waals surface area (Å²) in [7, 11) is 0. The highest BCUT2D eigenvalue weighted by atomic mass is 19.1. The summed E-state index contributed by atoms with van der Waals surface area (Å²) >= 11 is 0. The first-order chi connectivity index (χ1) is 5.93. The topological polar surface area (TPSA) is 0 Å². The third-order valence-electron chi connectivity index (χ3n) is 2.40. The van der Waals surface area contributed by atoms with Crippen molar-refractivity contribution in [2.24, 2.45) is 0 Å². The quantitative estimate of drug-likeness (QED) is 0.657. The van der Waals surface area contributed by atoms with Gasteiger partial charge in [-0.2, -0.15) is 0 Å². The Balaban J connectivity index is 3.02. The second-order valence-corrected chi connectivity index (χ2v) is 3.81. The molecule has 2 heteroatoms. The predicted molar refractivity (Wildman–Crippen MR) is 50.0 cm³/mol. The number of hydrogen-bond donors (Lipinski definition) is 0. The molecular formula is C11H14F2. The summed E-state index contributed by atoms with van der Waals surface area (Å²) < 4.78 is 26.7. The SMILES string of the molecule is CC(c1ccccc1F)C(C)(C)F. The molecule has 72 valence electrons. The van der Waals surface area contributed by atoms with Crippen LogP contribution in [-0.2, 0) is 0 Å². The summed E-state index contributed by atoms with van der Waals surface area (Å²) in [4.78, 5) is 0. The lowest BCUT2D eigenvalue weighted by atomic mass is 9.87. The van der Waals surface area contributed by atoms with Gasteiger partial charge < -0.3 is 0 Å². The van der Waals surface area contributed by atoms with E-state index >= 15 is 0 Å². The van der Waals surface area contributed by atoms with Crippen LogP contribution in [0.1, 0.15) is 32.3 Å². The fraction of sp³-hybridized carbons (Fsp3) is 0.455. The Hall–Kier alpha value is -0.920. The van der Waals surface area contributed by atoms with Gasteiger partial charge in [0, 0.05) is 5.92 Å². The van der Waals surface area contributed by atoms with Gasteiger partial charge in [-0.15, -0.1) is 0 Å². The summed E-state index contributed by atoms with van der Waals surface area (Å²) in [5, 5.41) is 0. The van der Waals surface area contributed by atoms with E-state index in [1.165, 1.54) is 19.9 Å². The van der Waals surface area contributed by atoms with Crippen molar-refractivity contribution in [2.45, 2.75) is 32.4 Å². The predicted octanol–water partition coefficient (Wildman–Crippen LogP) is 3.68. The van der Waals surface area contributed by atoms with E-state index in [2.05, 4.69) is 0 Å². The first kappa shape index (κ1) is 10.2. The standard InChI is InChI=1S/C11H14F2/c1-8(11(2,3)13)9-6-4-5-7-10(9)12/h4-8H,1-3H3. The molecule has 0 fully saturated rings. The molecule has 0 N–H and O–H groups in total. The maximum atomic E-state index is 13.5. The Morgan fingerprint density at radius 1 is 1.23 bits per heavy atom. The van der Waals surface area contributed by atoms with Crippen molar-refractivity contribution in [3.63, 3.8) is 0 Å². The van der Waals surface area contributed by atoms with Crippen LogP contribution in [0.25, 0.3) is 0 Å². The van der Waals surface area contributed by atoms with Crippen molar-refractivity contribution in [3.8, 4) is 0 Å². The largest absolute Gasteiger partial charge is 0.244 e. The van der Waals surface area contributed by atoms with Gasteiger partial charge in [0.2, 0.25) is 0 Å². The highest BCUT2D eigenvalue weighted by molar-refractivity contribution is 5.23. The number of benzene rings is 1.